The predicted octanol–water partition coefficient (Wildman–Crippen LogP) is 1.45. The largest absolute Gasteiger partial charge is 0.379 e. The Bertz CT molecular complexity index is 297. The van der Waals surface area contributed by atoms with E-state index in [0.717, 1.165) is 50.7 Å². The van der Waals surface area contributed by atoms with E-state index in [1.807, 2.05) is 0 Å². The van der Waals surface area contributed by atoms with Gasteiger partial charge in [0.05, 0.1) is 23.9 Å². The number of thiazole rings is 1. The van der Waals surface area contributed by atoms with Gasteiger partial charge in [-0.05, 0) is 0 Å². The lowest BCUT2D eigenvalue weighted by molar-refractivity contribution is 0.0384. The van der Waals surface area contributed by atoms with Gasteiger partial charge in [-0.2, -0.15) is 12.6 Å². The third kappa shape index (κ3) is 3.45. The molecular weight excluding hydrogens is 228 g/mol. The summed E-state index contributed by atoms with van der Waals surface area (Å²) in [7, 11) is 0. The van der Waals surface area contributed by atoms with Gasteiger partial charge >= 0.3 is 0 Å². The lowest BCUT2D eigenvalue weighted by Crippen LogP contribution is -2.37. The molecule has 15 heavy (non-hydrogen) atoms. The zero-order chi connectivity index (χ0) is 10.5. The number of morpholine rings is 1. The molecule has 1 saturated heterocycles. The quantitative estimate of drug-likeness (QED) is 0.812. The SMILES string of the molecule is SCc1csc(CCN2CCOCC2)n1. The van der Waals surface area contributed by atoms with Gasteiger partial charge in [0.15, 0.2) is 0 Å². The summed E-state index contributed by atoms with van der Waals surface area (Å²) in [6, 6.07) is 0. The summed E-state index contributed by atoms with van der Waals surface area (Å²) in [6.07, 6.45) is 1.05. The molecule has 0 aliphatic carbocycles. The van der Waals surface area contributed by atoms with Crippen LogP contribution in [0, 0.1) is 0 Å². The molecule has 1 aliphatic rings. The number of hydrogen-bond donors (Lipinski definition) is 1. The molecule has 0 aromatic carbocycles. The molecule has 2 rings (SSSR count). The van der Waals surface area contributed by atoms with Crippen molar-refractivity contribution in [2.75, 3.05) is 32.8 Å². The van der Waals surface area contributed by atoms with E-state index in [-0.39, 0.29) is 0 Å². The Morgan fingerprint density at radius 1 is 1.47 bits per heavy atom. The molecule has 0 radical (unpaired) electrons. The maximum absolute atomic E-state index is 5.31. The topological polar surface area (TPSA) is 25.4 Å². The standard InChI is InChI=1S/C10H16N2OS2/c14-7-9-8-15-10(11-9)1-2-12-3-5-13-6-4-12/h8,14H,1-7H2. The summed E-state index contributed by atoms with van der Waals surface area (Å²) in [4.78, 5) is 6.93. The molecule has 2 heterocycles. The first-order chi connectivity index (χ1) is 7.38. The van der Waals surface area contributed by atoms with Crippen LogP contribution in [0.3, 0.4) is 0 Å². The second-order valence-corrected chi connectivity index (χ2v) is 4.85. The summed E-state index contributed by atoms with van der Waals surface area (Å²) in [6.45, 7) is 4.97. The van der Waals surface area contributed by atoms with Gasteiger partial charge in [0.25, 0.3) is 0 Å². The van der Waals surface area contributed by atoms with Crippen LogP contribution in [0.4, 0.5) is 0 Å². The van der Waals surface area contributed by atoms with Crippen molar-refractivity contribution >= 4 is 24.0 Å². The molecule has 0 unspecified atom stereocenters. The Morgan fingerprint density at radius 3 is 2.93 bits per heavy atom. The molecule has 0 atom stereocenters. The minimum atomic E-state index is 0.744. The van der Waals surface area contributed by atoms with Crippen molar-refractivity contribution in [2.45, 2.75) is 12.2 Å². The number of ether oxygens (including phenoxy) is 1. The normalized spacial score (nSPS) is 18.2. The highest BCUT2D eigenvalue weighted by Crippen LogP contribution is 2.12. The number of thiol groups is 1. The van der Waals surface area contributed by atoms with Gasteiger partial charge in [-0.25, -0.2) is 4.98 Å². The van der Waals surface area contributed by atoms with E-state index in [9.17, 15) is 0 Å². The van der Waals surface area contributed by atoms with Crippen LogP contribution in [-0.2, 0) is 16.9 Å². The van der Waals surface area contributed by atoms with Crippen molar-refractivity contribution < 1.29 is 4.74 Å². The first-order valence-corrected chi connectivity index (χ1v) is 6.74. The molecule has 84 valence electrons. The Balaban J connectivity index is 1.76. The minimum Gasteiger partial charge on any atom is -0.379 e. The summed E-state index contributed by atoms with van der Waals surface area (Å²) < 4.78 is 5.31. The van der Waals surface area contributed by atoms with E-state index < -0.39 is 0 Å². The number of nitrogens with zero attached hydrogens (tertiary/aromatic N) is 2. The molecule has 1 fully saturated rings. The molecule has 3 nitrogen and oxygen atoms in total. The fourth-order valence-electron chi connectivity index (χ4n) is 1.61. The van der Waals surface area contributed by atoms with E-state index in [0.29, 0.717) is 0 Å². The third-order valence-corrected chi connectivity index (χ3v) is 3.79. The number of aromatic nitrogens is 1. The van der Waals surface area contributed by atoms with Crippen molar-refractivity contribution in [3.05, 3.63) is 16.1 Å². The van der Waals surface area contributed by atoms with Crippen LogP contribution in [-0.4, -0.2) is 42.7 Å². The highest BCUT2D eigenvalue weighted by atomic mass is 32.1. The van der Waals surface area contributed by atoms with E-state index in [1.54, 1.807) is 11.3 Å². The van der Waals surface area contributed by atoms with Gasteiger partial charge in [0.1, 0.15) is 0 Å². The van der Waals surface area contributed by atoms with Crippen molar-refractivity contribution in [3.8, 4) is 0 Å². The second kappa shape index (κ2) is 5.84. The number of rotatable bonds is 4. The van der Waals surface area contributed by atoms with Crippen LogP contribution in [0.5, 0.6) is 0 Å². The van der Waals surface area contributed by atoms with Gasteiger partial charge in [-0.15, -0.1) is 11.3 Å². The molecule has 1 aliphatic heterocycles. The first-order valence-electron chi connectivity index (χ1n) is 5.23. The van der Waals surface area contributed by atoms with Gasteiger partial charge in [0, 0.05) is 37.2 Å². The molecule has 5 heteroatoms. The summed E-state index contributed by atoms with van der Waals surface area (Å²) in [5, 5.41) is 3.33. The fraction of sp³-hybridized carbons (Fsp3) is 0.700. The zero-order valence-corrected chi connectivity index (χ0v) is 10.4. The summed E-state index contributed by atoms with van der Waals surface area (Å²) in [5.74, 6) is 0.744. The zero-order valence-electron chi connectivity index (χ0n) is 8.69. The van der Waals surface area contributed by atoms with Crippen molar-refractivity contribution in [1.82, 2.24) is 9.88 Å². The van der Waals surface area contributed by atoms with Gasteiger partial charge in [-0.3, -0.25) is 4.90 Å². The van der Waals surface area contributed by atoms with E-state index >= 15 is 0 Å². The Kier molecular flexibility index (Phi) is 4.43. The van der Waals surface area contributed by atoms with Crippen molar-refractivity contribution in [3.63, 3.8) is 0 Å². The molecule has 1 aromatic rings. The molecular formula is C10H16N2OS2. The van der Waals surface area contributed by atoms with Crippen LogP contribution in [0.1, 0.15) is 10.7 Å². The van der Waals surface area contributed by atoms with Crippen LogP contribution in [0.15, 0.2) is 5.38 Å². The average molecular weight is 244 g/mol. The Hall–Kier alpha value is -0.100. The van der Waals surface area contributed by atoms with Crippen molar-refractivity contribution in [2.24, 2.45) is 0 Å². The molecule has 0 saturated carbocycles. The first kappa shape index (κ1) is 11.4. The maximum atomic E-state index is 5.31. The van der Waals surface area contributed by atoms with Gasteiger partial charge in [0.2, 0.25) is 0 Å². The maximum Gasteiger partial charge on any atom is 0.0941 e. The second-order valence-electron chi connectivity index (χ2n) is 3.59. The fourth-order valence-corrected chi connectivity index (χ4v) is 2.69. The van der Waals surface area contributed by atoms with Gasteiger partial charge in [-0.1, -0.05) is 0 Å². The molecule has 0 spiro atoms. The molecule has 0 amide bonds. The lowest BCUT2D eigenvalue weighted by atomic mass is 10.3. The van der Waals surface area contributed by atoms with Crippen LogP contribution in [0.2, 0.25) is 0 Å². The summed E-state index contributed by atoms with van der Waals surface area (Å²) in [5.41, 5.74) is 1.10. The third-order valence-electron chi connectivity index (χ3n) is 2.51. The molecule has 0 N–H and O–H groups in total. The monoisotopic (exact) mass is 244 g/mol. The molecule has 0 bridgehead atoms. The number of hydrogen-bond acceptors (Lipinski definition) is 5. The smallest absolute Gasteiger partial charge is 0.0941 e. The van der Waals surface area contributed by atoms with E-state index in [1.165, 1.54) is 5.01 Å². The highest BCUT2D eigenvalue weighted by molar-refractivity contribution is 7.79. The average Bonchev–Trinajstić information content (AvgIpc) is 2.76. The van der Waals surface area contributed by atoms with Crippen LogP contribution >= 0.6 is 24.0 Å². The van der Waals surface area contributed by atoms with Crippen LogP contribution in [0.25, 0.3) is 0 Å². The van der Waals surface area contributed by atoms with E-state index in [2.05, 4.69) is 27.9 Å². The summed E-state index contributed by atoms with van der Waals surface area (Å²) >= 11 is 5.96. The lowest BCUT2D eigenvalue weighted by Gasteiger charge is -2.25. The molecule has 1 aromatic heterocycles. The Labute approximate surface area is 99.9 Å². The van der Waals surface area contributed by atoms with Gasteiger partial charge < -0.3 is 4.74 Å². The van der Waals surface area contributed by atoms with E-state index in [4.69, 9.17) is 4.74 Å². The highest BCUT2D eigenvalue weighted by Gasteiger charge is 2.10. The van der Waals surface area contributed by atoms with Crippen LogP contribution < -0.4 is 0 Å². The predicted molar refractivity (Wildman–Crippen MR) is 65.8 cm³/mol. The Morgan fingerprint density at radius 2 is 2.27 bits per heavy atom. The van der Waals surface area contributed by atoms with Crippen molar-refractivity contribution in [1.29, 1.82) is 0 Å². The minimum absolute atomic E-state index is 0.744.